The Bertz CT molecular complexity index is 486. The average Bonchev–Trinajstić information content (AvgIpc) is 2.28. The zero-order chi connectivity index (χ0) is 11.9. The lowest BCUT2D eigenvalue weighted by molar-refractivity contribution is -0.129. The fourth-order valence-electron chi connectivity index (χ4n) is 2.17. The monoisotopic (exact) mass is 216 g/mol. The van der Waals surface area contributed by atoms with Crippen molar-refractivity contribution in [2.24, 2.45) is 5.92 Å². The Labute approximate surface area is 93.5 Å². The summed E-state index contributed by atoms with van der Waals surface area (Å²) >= 11 is 0. The molecule has 16 heavy (non-hydrogen) atoms. The van der Waals surface area contributed by atoms with E-state index in [4.69, 9.17) is 0 Å². The number of aldehydes is 1. The number of ketones is 2. The summed E-state index contributed by atoms with van der Waals surface area (Å²) < 4.78 is 0. The Morgan fingerprint density at radius 1 is 1.19 bits per heavy atom. The molecule has 0 aromatic heterocycles. The molecule has 1 aliphatic rings. The number of benzene rings is 1. The molecule has 0 fully saturated rings. The van der Waals surface area contributed by atoms with E-state index in [1.807, 2.05) is 0 Å². The molecule has 2 rings (SSSR count). The van der Waals surface area contributed by atoms with Crippen LogP contribution in [0.2, 0.25) is 0 Å². The van der Waals surface area contributed by atoms with Crippen LogP contribution in [0.25, 0.3) is 0 Å². The van der Waals surface area contributed by atoms with Crippen molar-refractivity contribution in [1.29, 1.82) is 0 Å². The Morgan fingerprint density at radius 3 is 2.44 bits per heavy atom. The molecule has 3 heteroatoms. The molecule has 0 amide bonds. The molecule has 0 N–H and O–H groups in total. The van der Waals surface area contributed by atoms with Gasteiger partial charge in [-0.2, -0.15) is 0 Å². The molecule has 1 aromatic rings. The second-order valence-corrected chi connectivity index (χ2v) is 4.51. The SMILES string of the molecule is CC1(C)C(=O)C(C=O)C(=O)c2ccccc21. The van der Waals surface area contributed by atoms with E-state index in [-0.39, 0.29) is 11.6 Å². The van der Waals surface area contributed by atoms with Crippen LogP contribution in [0.3, 0.4) is 0 Å². The van der Waals surface area contributed by atoms with E-state index < -0.39 is 11.3 Å². The second kappa shape index (κ2) is 3.37. The van der Waals surface area contributed by atoms with E-state index in [9.17, 15) is 14.4 Å². The number of hydrogen-bond acceptors (Lipinski definition) is 3. The molecule has 0 aliphatic heterocycles. The number of hydrogen-bond donors (Lipinski definition) is 0. The van der Waals surface area contributed by atoms with E-state index in [0.717, 1.165) is 0 Å². The van der Waals surface area contributed by atoms with Gasteiger partial charge >= 0.3 is 0 Å². The molecule has 82 valence electrons. The highest BCUT2D eigenvalue weighted by molar-refractivity contribution is 6.25. The standard InChI is InChI=1S/C13H12O3/c1-13(2)10-6-4-3-5-8(10)11(15)9(7-14)12(13)16/h3-7,9H,1-2H3. The van der Waals surface area contributed by atoms with Crippen LogP contribution in [0.4, 0.5) is 0 Å². The normalized spacial score (nSPS) is 22.8. The quantitative estimate of drug-likeness (QED) is 0.528. The van der Waals surface area contributed by atoms with Crippen molar-refractivity contribution in [2.45, 2.75) is 19.3 Å². The zero-order valence-electron chi connectivity index (χ0n) is 9.19. The van der Waals surface area contributed by atoms with Crippen molar-refractivity contribution >= 4 is 17.9 Å². The molecule has 1 atom stereocenters. The van der Waals surface area contributed by atoms with Crippen molar-refractivity contribution in [3.05, 3.63) is 35.4 Å². The fraction of sp³-hybridized carbons (Fsp3) is 0.308. The van der Waals surface area contributed by atoms with Gasteiger partial charge in [0.1, 0.15) is 12.2 Å². The van der Waals surface area contributed by atoms with E-state index in [1.54, 1.807) is 38.1 Å². The van der Waals surface area contributed by atoms with E-state index >= 15 is 0 Å². The van der Waals surface area contributed by atoms with Crippen LogP contribution in [0.5, 0.6) is 0 Å². The molecule has 0 spiro atoms. The summed E-state index contributed by atoms with van der Waals surface area (Å²) in [5.74, 6) is -1.83. The fourth-order valence-corrected chi connectivity index (χ4v) is 2.17. The van der Waals surface area contributed by atoms with Crippen molar-refractivity contribution in [1.82, 2.24) is 0 Å². The first kappa shape index (κ1) is 10.7. The highest BCUT2D eigenvalue weighted by Gasteiger charge is 2.45. The number of carbonyl (C=O) groups is 3. The van der Waals surface area contributed by atoms with Crippen LogP contribution in [-0.4, -0.2) is 17.9 Å². The molecule has 1 aromatic carbocycles. The first-order chi connectivity index (χ1) is 7.50. The van der Waals surface area contributed by atoms with Crippen LogP contribution in [0.15, 0.2) is 24.3 Å². The molecule has 0 radical (unpaired) electrons. The minimum atomic E-state index is -1.13. The van der Waals surface area contributed by atoms with Crippen LogP contribution in [0, 0.1) is 5.92 Å². The predicted molar refractivity (Wildman–Crippen MR) is 58.4 cm³/mol. The maximum atomic E-state index is 12.0. The molecule has 1 aliphatic carbocycles. The third-order valence-corrected chi connectivity index (χ3v) is 3.18. The lowest BCUT2D eigenvalue weighted by Crippen LogP contribution is -2.45. The zero-order valence-corrected chi connectivity index (χ0v) is 9.19. The van der Waals surface area contributed by atoms with Crippen molar-refractivity contribution < 1.29 is 14.4 Å². The van der Waals surface area contributed by atoms with Crippen LogP contribution in [0.1, 0.15) is 29.8 Å². The van der Waals surface area contributed by atoms with Gasteiger partial charge in [-0.1, -0.05) is 24.3 Å². The summed E-state index contributed by atoms with van der Waals surface area (Å²) in [7, 11) is 0. The van der Waals surface area contributed by atoms with Gasteiger partial charge in [-0.15, -0.1) is 0 Å². The Kier molecular flexibility index (Phi) is 2.26. The van der Waals surface area contributed by atoms with Gasteiger partial charge in [0.05, 0.1) is 5.41 Å². The Hall–Kier alpha value is -1.77. The first-order valence-electron chi connectivity index (χ1n) is 5.13. The largest absolute Gasteiger partial charge is 0.302 e. The van der Waals surface area contributed by atoms with Gasteiger partial charge in [-0.3, -0.25) is 9.59 Å². The topological polar surface area (TPSA) is 51.2 Å². The average molecular weight is 216 g/mol. The number of rotatable bonds is 1. The van der Waals surface area contributed by atoms with Gasteiger partial charge in [0.25, 0.3) is 0 Å². The highest BCUT2D eigenvalue weighted by Crippen LogP contribution is 2.35. The number of fused-ring (bicyclic) bond motifs is 1. The van der Waals surface area contributed by atoms with Gasteiger partial charge < -0.3 is 4.79 Å². The van der Waals surface area contributed by atoms with E-state index in [1.165, 1.54) is 0 Å². The summed E-state index contributed by atoms with van der Waals surface area (Å²) in [6.07, 6.45) is 0.447. The third-order valence-electron chi connectivity index (χ3n) is 3.18. The van der Waals surface area contributed by atoms with Crippen molar-refractivity contribution in [3.63, 3.8) is 0 Å². The van der Waals surface area contributed by atoms with E-state index in [0.29, 0.717) is 17.4 Å². The third kappa shape index (κ3) is 1.24. The van der Waals surface area contributed by atoms with Crippen molar-refractivity contribution in [2.75, 3.05) is 0 Å². The predicted octanol–water partition coefficient (Wildman–Crippen LogP) is 1.54. The lowest BCUT2D eigenvalue weighted by Gasteiger charge is -2.32. The highest BCUT2D eigenvalue weighted by atomic mass is 16.2. The molecule has 3 nitrogen and oxygen atoms in total. The first-order valence-corrected chi connectivity index (χ1v) is 5.13. The molecule has 0 heterocycles. The summed E-state index contributed by atoms with van der Waals surface area (Å²) in [5.41, 5.74) is 0.433. The van der Waals surface area contributed by atoms with Crippen LogP contribution >= 0.6 is 0 Å². The van der Waals surface area contributed by atoms with Crippen LogP contribution in [-0.2, 0) is 15.0 Å². The summed E-state index contributed by atoms with van der Waals surface area (Å²) in [4.78, 5) is 34.7. The molecular formula is C13H12O3. The van der Waals surface area contributed by atoms with Gasteiger partial charge in [0.15, 0.2) is 11.6 Å². The summed E-state index contributed by atoms with van der Waals surface area (Å²) in [6, 6.07) is 6.97. The van der Waals surface area contributed by atoms with Gasteiger partial charge in [-0.25, -0.2) is 0 Å². The minimum Gasteiger partial charge on any atom is -0.302 e. The summed E-state index contributed by atoms with van der Waals surface area (Å²) in [5, 5.41) is 0. The molecular weight excluding hydrogens is 204 g/mol. The number of carbonyl (C=O) groups excluding carboxylic acids is 3. The maximum Gasteiger partial charge on any atom is 0.180 e. The molecule has 0 bridgehead atoms. The van der Waals surface area contributed by atoms with Gasteiger partial charge in [0.2, 0.25) is 0 Å². The maximum absolute atomic E-state index is 12.0. The Balaban J connectivity index is 2.71. The molecule has 0 saturated carbocycles. The lowest BCUT2D eigenvalue weighted by atomic mass is 9.67. The Morgan fingerprint density at radius 2 is 1.81 bits per heavy atom. The van der Waals surface area contributed by atoms with E-state index in [2.05, 4.69) is 0 Å². The van der Waals surface area contributed by atoms with Gasteiger partial charge in [-0.05, 0) is 19.4 Å². The van der Waals surface area contributed by atoms with Crippen molar-refractivity contribution in [3.8, 4) is 0 Å². The number of Topliss-reactive ketones (excluding diaryl/α,β-unsaturated/α-hetero) is 2. The molecule has 1 unspecified atom stereocenters. The van der Waals surface area contributed by atoms with Gasteiger partial charge in [0, 0.05) is 5.56 Å². The smallest absolute Gasteiger partial charge is 0.180 e. The van der Waals surface area contributed by atoms with Crippen LogP contribution < -0.4 is 0 Å². The second-order valence-electron chi connectivity index (χ2n) is 4.51. The minimum absolute atomic E-state index is 0.314. The molecule has 0 saturated heterocycles. The summed E-state index contributed by atoms with van der Waals surface area (Å²) in [6.45, 7) is 3.49.